The van der Waals surface area contributed by atoms with Crippen LogP contribution in [-0.4, -0.2) is 7.11 Å². The average molecular weight is 296 g/mol. The molecule has 0 spiro atoms. The maximum absolute atomic E-state index is 5.32. The number of benzene rings is 2. The Morgan fingerprint density at radius 2 is 1.82 bits per heavy atom. The van der Waals surface area contributed by atoms with Gasteiger partial charge in [-0.3, -0.25) is 0 Å². The number of methoxy groups -OCH3 is 1. The van der Waals surface area contributed by atoms with Crippen LogP contribution in [-0.2, 0) is 6.42 Å². The van der Waals surface area contributed by atoms with Crippen LogP contribution in [0.5, 0.6) is 5.75 Å². The van der Waals surface area contributed by atoms with Gasteiger partial charge in [-0.05, 0) is 72.6 Å². The first-order valence-electron chi connectivity index (χ1n) is 8.30. The van der Waals surface area contributed by atoms with Crippen molar-refractivity contribution in [3.8, 4) is 16.9 Å². The Morgan fingerprint density at radius 3 is 2.45 bits per heavy atom. The number of hydrogen-bond acceptors (Lipinski definition) is 1. The van der Waals surface area contributed by atoms with Gasteiger partial charge in [0.15, 0.2) is 0 Å². The van der Waals surface area contributed by atoms with Crippen LogP contribution in [0.4, 0.5) is 0 Å². The molecule has 0 amide bonds. The summed E-state index contributed by atoms with van der Waals surface area (Å²) in [6.45, 7) is 9.02. The third kappa shape index (κ3) is 3.71. The van der Waals surface area contributed by atoms with Gasteiger partial charge in [0.2, 0.25) is 0 Å². The molecule has 0 unspecified atom stereocenters. The largest absolute Gasteiger partial charge is 0.497 e. The Balaban J connectivity index is 2.32. The molecule has 2 aromatic carbocycles. The van der Waals surface area contributed by atoms with Gasteiger partial charge < -0.3 is 4.74 Å². The van der Waals surface area contributed by atoms with Gasteiger partial charge in [-0.15, -0.1) is 0 Å². The molecular formula is C21H28O. The molecule has 0 bridgehead atoms. The van der Waals surface area contributed by atoms with Crippen LogP contribution in [0, 0.1) is 19.8 Å². The monoisotopic (exact) mass is 296 g/mol. The second kappa shape index (κ2) is 7.49. The summed E-state index contributed by atoms with van der Waals surface area (Å²) in [6.07, 6.45) is 3.70. The Labute approximate surface area is 135 Å². The van der Waals surface area contributed by atoms with E-state index in [-0.39, 0.29) is 0 Å². The van der Waals surface area contributed by atoms with E-state index in [4.69, 9.17) is 4.74 Å². The van der Waals surface area contributed by atoms with Crippen LogP contribution < -0.4 is 4.74 Å². The molecule has 1 heteroatoms. The molecule has 0 N–H and O–H groups in total. The standard InChI is InChI=1S/C21H28O/c1-6-15(2)10-11-18-8-7-9-21(17(18)4)20-13-12-19(22-5)14-16(20)3/h7-9,12-15H,6,10-11H2,1-5H3/t15-/m0/s1. The summed E-state index contributed by atoms with van der Waals surface area (Å²) >= 11 is 0. The molecule has 118 valence electrons. The molecule has 0 aliphatic carbocycles. The highest BCUT2D eigenvalue weighted by molar-refractivity contribution is 5.72. The quantitative estimate of drug-likeness (QED) is 0.639. The summed E-state index contributed by atoms with van der Waals surface area (Å²) in [7, 11) is 1.72. The zero-order chi connectivity index (χ0) is 16.1. The minimum absolute atomic E-state index is 0.797. The number of rotatable bonds is 6. The van der Waals surface area contributed by atoms with Crippen LogP contribution in [0.1, 0.15) is 43.4 Å². The molecule has 1 atom stereocenters. The van der Waals surface area contributed by atoms with Crippen LogP contribution >= 0.6 is 0 Å². The summed E-state index contributed by atoms with van der Waals surface area (Å²) < 4.78 is 5.32. The molecule has 0 radical (unpaired) electrons. The molecule has 1 nitrogen and oxygen atoms in total. The highest BCUT2D eigenvalue weighted by Crippen LogP contribution is 2.31. The van der Waals surface area contributed by atoms with Gasteiger partial charge in [0, 0.05) is 0 Å². The third-order valence-corrected chi connectivity index (χ3v) is 4.77. The fourth-order valence-corrected chi connectivity index (χ4v) is 2.92. The van der Waals surface area contributed by atoms with Crippen molar-refractivity contribution in [2.24, 2.45) is 5.92 Å². The van der Waals surface area contributed by atoms with Crippen LogP contribution in [0.15, 0.2) is 36.4 Å². The van der Waals surface area contributed by atoms with Gasteiger partial charge in [0.25, 0.3) is 0 Å². The highest BCUT2D eigenvalue weighted by atomic mass is 16.5. The van der Waals surface area contributed by atoms with Gasteiger partial charge >= 0.3 is 0 Å². The van der Waals surface area contributed by atoms with Gasteiger partial charge in [-0.2, -0.15) is 0 Å². The molecule has 0 aliphatic heterocycles. The summed E-state index contributed by atoms with van der Waals surface area (Å²) in [5.41, 5.74) is 6.82. The van der Waals surface area contributed by atoms with Gasteiger partial charge in [0.1, 0.15) is 5.75 Å². The Kier molecular flexibility index (Phi) is 5.65. The topological polar surface area (TPSA) is 9.23 Å². The van der Waals surface area contributed by atoms with E-state index in [1.54, 1.807) is 7.11 Å². The number of hydrogen-bond donors (Lipinski definition) is 0. The maximum Gasteiger partial charge on any atom is 0.119 e. The molecule has 0 heterocycles. The first-order chi connectivity index (χ1) is 10.6. The molecule has 0 aromatic heterocycles. The van der Waals surface area contributed by atoms with Crippen molar-refractivity contribution in [3.05, 3.63) is 53.1 Å². The Bertz CT molecular complexity index is 628. The van der Waals surface area contributed by atoms with Crippen LogP contribution in [0.3, 0.4) is 0 Å². The molecule has 0 saturated heterocycles. The zero-order valence-electron chi connectivity index (χ0n) is 14.6. The molecule has 2 aromatic rings. The first-order valence-corrected chi connectivity index (χ1v) is 8.30. The second-order valence-electron chi connectivity index (χ2n) is 6.32. The lowest BCUT2D eigenvalue weighted by molar-refractivity contribution is 0.414. The van der Waals surface area contributed by atoms with Crippen molar-refractivity contribution in [2.45, 2.75) is 47.0 Å². The lowest BCUT2D eigenvalue weighted by Gasteiger charge is -2.15. The lowest BCUT2D eigenvalue weighted by Crippen LogP contribution is -1.99. The van der Waals surface area contributed by atoms with E-state index in [0.717, 1.165) is 11.7 Å². The molecule has 22 heavy (non-hydrogen) atoms. The van der Waals surface area contributed by atoms with Crippen molar-refractivity contribution < 1.29 is 4.74 Å². The summed E-state index contributed by atoms with van der Waals surface area (Å²) in [5.74, 6) is 1.72. The first kappa shape index (κ1) is 16.6. The minimum atomic E-state index is 0.797. The molecule has 0 fully saturated rings. The van der Waals surface area contributed by atoms with E-state index in [1.807, 2.05) is 6.07 Å². The van der Waals surface area contributed by atoms with E-state index in [1.165, 1.54) is 47.1 Å². The third-order valence-electron chi connectivity index (χ3n) is 4.77. The van der Waals surface area contributed by atoms with Gasteiger partial charge in [-0.25, -0.2) is 0 Å². The molecule has 0 aliphatic rings. The van der Waals surface area contributed by atoms with E-state index in [0.29, 0.717) is 0 Å². The van der Waals surface area contributed by atoms with E-state index >= 15 is 0 Å². The van der Waals surface area contributed by atoms with E-state index in [9.17, 15) is 0 Å². The van der Waals surface area contributed by atoms with Crippen LogP contribution in [0.25, 0.3) is 11.1 Å². The smallest absolute Gasteiger partial charge is 0.119 e. The van der Waals surface area contributed by atoms with Gasteiger partial charge in [0.05, 0.1) is 7.11 Å². The summed E-state index contributed by atoms with van der Waals surface area (Å²) in [5, 5.41) is 0. The number of ether oxygens (including phenoxy) is 1. The molecule has 2 rings (SSSR count). The fraction of sp³-hybridized carbons (Fsp3) is 0.429. The average Bonchev–Trinajstić information content (AvgIpc) is 2.53. The van der Waals surface area contributed by atoms with Crippen LogP contribution in [0.2, 0.25) is 0 Å². The zero-order valence-corrected chi connectivity index (χ0v) is 14.6. The SMILES string of the molecule is CC[C@H](C)CCc1cccc(-c2ccc(OC)cc2C)c1C. The predicted molar refractivity (Wildman–Crippen MR) is 95.7 cm³/mol. The maximum atomic E-state index is 5.32. The van der Waals surface area contributed by atoms with Crippen molar-refractivity contribution in [1.29, 1.82) is 0 Å². The molecule has 0 saturated carbocycles. The summed E-state index contributed by atoms with van der Waals surface area (Å²) in [6, 6.07) is 13.0. The molecular weight excluding hydrogens is 268 g/mol. The van der Waals surface area contributed by atoms with Crippen molar-refractivity contribution in [3.63, 3.8) is 0 Å². The van der Waals surface area contributed by atoms with Gasteiger partial charge in [-0.1, -0.05) is 44.5 Å². The normalized spacial score (nSPS) is 12.2. The second-order valence-corrected chi connectivity index (χ2v) is 6.32. The van der Waals surface area contributed by atoms with E-state index < -0.39 is 0 Å². The predicted octanol–water partition coefficient (Wildman–Crippen LogP) is 5.96. The van der Waals surface area contributed by atoms with Crippen molar-refractivity contribution in [1.82, 2.24) is 0 Å². The van der Waals surface area contributed by atoms with E-state index in [2.05, 4.69) is 58.0 Å². The summed E-state index contributed by atoms with van der Waals surface area (Å²) in [4.78, 5) is 0. The fourth-order valence-electron chi connectivity index (χ4n) is 2.92. The minimum Gasteiger partial charge on any atom is -0.497 e. The lowest BCUT2D eigenvalue weighted by atomic mass is 9.90. The van der Waals surface area contributed by atoms with Crippen molar-refractivity contribution >= 4 is 0 Å². The van der Waals surface area contributed by atoms with Crippen molar-refractivity contribution in [2.75, 3.05) is 7.11 Å². The Morgan fingerprint density at radius 1 is 1.05 bits per heavy atom. The highest BCUT2D eigenvalue weighted by Gasteiger charge is 2.10. The Hall–Kier alpha value is -1.76. The number of aryl methyl sites for hydroxylation is 2.